The maximum Gasteiger partial charge on any atom is 0.263 e. The third kappa shape index (κ3) is 4.44. The molecule has 0 aliphatic heterocycles. The molecule has 4 aromatic rings. The zero-order valence-electron chi connectivity index (χ0n) is 16.4. The first kappa shape index (κ1) is 19.5. The highest BCUT2D eigenvalue weighted by Gasteiger charge is 2.14. The second-order valence-corrected chi connectivity index (χ2v) is 7.15. The van der Waals surface area contributed by atoms with Gasteiger partial charge in [-0.1, -0.05) is 6.07 Å². The highest BCUT2D eigenvalue weighted by Crippen LogP contribution is 2.31. The van der Waals surface area contributed by atoms with Crippen LogP contribution >= 0.6 is 11.3 Å². The molecule has 4 rings (SSSR count). The molecule has 0 saturated carbocycles. The van der Waals surface area contributed by atoms with Gasteiger partial charge >= 0.3 is 0 Å². The van der Waals surface area contributed by atoms with Gasteiger partial charge in [-0.15, -0.1) is 21.5 Å². The van der Waals surface area contributed by atoms with E-state index in [4.69, 9.17) is 9.47 Å². The average molecular weight is 417 g/mol. The highest BCUT2D eigenvalue weighted by molar-refractivity contribution is 7.11. The Balaban J connectivity index is 1.70. The van der Waals surface area contributed by atoms with Crippen LogP contribution in [0.3, 0.4) is 0 Å². The normalized spacial score (nSPS) is 10.9. The van der Waals surface area contributed by atoms with Crippen molar-refractivity contribution in [3.63, 3.8) is 0 Å². The summed E-state index contributed by atoms with van der Waals surface area (Å²) in [7, 11) is 3.27. The number of hydrogen-bond acceptors (Lipinski definition) is 8. The molecule has 150 valence electrons. The second-order valence-electron chi connectivity index (χ2n) is 6.18. The van der Waals surface area contributed by atoms with E-state index in [9.17, 15) is 0 Å². The van der Waals surface area contributed by atoms with Crippen molar-refractivity contribution in [3.05, 3.63) is 70.9 Å². The Morgan fingerprint density at radius 3 is 2.03 bits per heavy atom. The van der Waals surface area contributed by atoms with Crippen molar-refractivity contribution >= 4 is 23.5 Å². The molecular formula is C22H19N5O2S. The Labute approximate surface area is 178 Å². The summed E-state index contributed by atoms with van der Waals surface area (Å²) in [6.45, 7) is 0. The Morgan fingerprint density at radius 1 is 0.833 bits per heavy atom. The number of rotatable bonds is 7. The van der Waals surface area contributed by atoms with Gasteiger partial charge in [0, 0.05) is 16.0 Å². The third-order valence-corrected chi connectivity index (χ3v) is 5.12. The van der Waals surface area contributed by atoms with Gasteiger partial charge in [-0.25, -0.2) is 10.4 Å². The third-order valence-electron chi connectivity index (χ3n) is 4.31. The SMILES string of the molecule is COc1ccc(-c2nnc(N/N=C/c3cccs3)nc2-c2ccc(OC)cc2)cc1. The van der Waals surface area contributed by atoms with Crippen molar-refractivity contribution < 1.29 is 9.47 Å². The minimum absolute atomic E-state index is 0.311. The lowest BCUT2D eigenvalue weighted by molar-refractivity contribution is 0.414. The van der Waals surface area contributed by atoms with Crippen molar-refractivity contribution in [1.82, 2.24) is 15.2 Å². The Kier molecular flexibility index (Phi) is 5.95. The van der Waals surface area contributed by atoms with Crippen molar-refractivity contribution in [3.8, 4) is 34.0 Å². The molecule has 0 aliphatic rings. The van der Waals surface area contributed by atoms with Gasteiger partial charge in [0.05, 0.1) is 20.4 Å². The number of hydrazone groups is 1. The molecule has 0 fully saturated rings. The smallest absolute Gasteiger partial charge is 0.263 e. The molecule has 0 amide bonds. The van der Waals surface area contributed by atoms with E-state index in [-0.39, 0.29) is 0 Å². The lowest BCUT2D eigenvalue weighted by atomic mass is 10.0. The lowest BCUT2D eigenvalue weighted by Gasteiger charge is -2.10. The number of ether oxygens (including phenoxy) is 2. The summed E-state index contributed by atoms with van der Waals surface area (Å²) in [6.07, 6.45) is 1.72. The minimum Gasteiger partial charge on any atom is -0.497 e. The van der Waals surface area contributed by atoms with Crippen LogP contribution in [0.4, 0.5) is 5.95 Å². The molecule has 0 aliphatic carbocycles. The number of thiophene rings is 1. The number of aromatic nitrogens is 3. The Hall–Kier alpha value is -3.78. The van der Waals surface area contributed by atoms with E-state index in [1.54, 1.807) is 31.8 Å². The van der Waals surface area contributed by atoms with E-state index in [1.807, 2.05) is 66.0 Å². The first-order valence-electron chi connectivity index (χ1n) is 9.13. The van der Waals surface area contributed by atoms with Gasteiger partial charge in [0.15, 0.2) is 0 Å². The quantitative estimate of drug-likeness (QED) is 0.346. The number of nitrogens with one attached hydrogen (secondary N) is 1. The van der Waals surface area contributed by atoms with Gasteiger partial charge in [-0.05, 0) is 60.0 Å². The summed E-state index contributed by atoms with van der Waals surface area (Å²) in [6, 6.07) is 19.2. The summed E-state index contributed by atoms with van der Waals surface area (Å²) >= 11 is 1.60. The standard InChI is InChI=1S/C22H19N5O2S/c1-28-17-9-5-15(6-10-17)20-21(16-7-11-18(29-2)12-8-16)25-27-22(24-20)26-23-14-19-4-3-13-30-19/h3-14H,1-2H3,(H,24,26,27)/b23-14+. The molecule has 0 saturated heterocycles. The summed E-state index contributed by atoms with van der Waals surface area (Å²) in [5, 5.41) is 14.8. The topological polar surface area (TPSA) is 81.5 Å². The second kappa shape index (κ2) is 9.15. The number of hydrogen-bond donors (Lipinski definition) is 1. The molecule has 7 nitrogen and oxygen atoms in total. The summed E-state index contributed by atoms with van der Waals surface area (Å²) < 4.78 is 10.5. The molecule has 0 radical (unpaired) electrons. The van der Waals surface area contributed by atoms with E-state index in [2.05, 4.69) is 25.7 Å². The van der Waals surface area contributed by atoms with Crippen LogP contribution in [0, 0.1) is 0 Å². The van der Waals surface area contributed by atoms with Crippen LogP contribution in [0.5, 0.6) is 11.5 Å². The van der Waals surface area contributed by atoms with E-state index in [0.29, 0.717) is 17.3 Å². The van der Waals surface area contributed by atoms with Crippen molar-refractivity contribution in [2.75, 3.05) is 19.6 Å². The zero-order valence-corrected chi connectivity index (χ0v) is 17.3. The van der Waals surface area contributed by atoms with E-state index < -0.39 is 0 Å². The van der Waals surface area contributed by atoms with E-state index in [0.717, 1.165) is 27.5 Å². The number of benzene rings is 2. The average Bonchev–Trinajstić information content (AvgIpc) is 3.33. The fourth-order valence-electron chi connectivity index (χ4n) is 2.79. The molecule has 0 unspecified atom stereocenters. The molecule has 2 aromatic heterocycles. The highest BCUT2D eigenvalue weighted by atomic mass is 32.1. The fourth-order valence-corrected chi connectivity index (χ4v) is 3.37. The van der Waals surface area contributed by atoms with Crippen molar-refractivity contribution in [2.45, 2.75) is 0 Å². The molecule has 8 heteroatoms. The molecule has 1 N–H and O–H groups in total. The minimum atomic E-state index is 0.311. The van der Waals surface area contributed by atoms with E-state index >= 15 is 0 Å². The maximum atomic E-state index is 5.26. The van der Waals surface area contributed by atoms with Crippen LogP contribution in [-0.4, -0.2) is 35.6 Å². The van der Waals surface area contributed by atoms with Gasteiger partial charge in [-0.2, -0.15) is 5.10 Å². The summed E-state index contributed by atoms with van der Waals surface area (Å²) in [5.41, 5.74) is 5.98. The molecule has 2 aromatic carbocycles. The first-order valence-corrected chi connectivity index (χ1v) is 10.0. The zero-order chi connectivity index (χ0) is 20.8. The van der Waals surface area contributed by atoms with Crippen LogP contribution < -0.4 is 14.9 Å². The number of nitrogens with zero attached hydrogens (tertiary/aromatic N) is 4. The molecule has 0 atom stereocenters. The molecule has 2 heterocycles. The van der Waals surface area contributed by atoms with E-state index in [1.165, 1.54) is 0 Å². The monoisotopic (exact) mass is 417 g/mol. The summed E-state index contributed by atoms with van der Waals surface area (Å²) in [4.78, 5) is 5.70. The van der Waals surface area contributed by atoms with Crippen LogP contribution in [0.2, 0.25) is 0 Å². The van der Waals surface area contributed by atoms with Gasteiger partial charge < -0.3 is 9.47 Å². The molecule has 0 bridgehead atoms. The predicted octanol–water partition coefficient (Wildman–Crippen LogP) is 4.73. The number of anilines is 1. The van der Waals surface area contributed by atoms with Crippen LogP contribution in [0.1, 0.15) is 4.88 Å². The van der Waals surface area contributed by atoms with Crippen molar-refractivity contribution in [2.24, 2.45) is 5.10 Å². The lowest BCUT2D eigenvalue weighted by Crippen LogP contribution is -2.03. The Morgan fingerprint density at radius 2 is 1.47 bits per heavy atom. The predicted molar refractivity (Wildman–Crippen MR) is 119 cm³/mol. The van der Waals surface area contributed by atoms with Crippen molar-refractivity contribution in [1.29, 1.82) is 0 Å². The maximum absolute atomic E-state index is 5.26. The summed E-state index contributed by atoms with van der Waals surface area (Å²) in [5.74, 6) is 1.85. The van der Waals surface area contributed by atoms with Gasteiger partial charge in [-0.3, -0.25) is 0 Å². The van der Waals surface area contributed by atoms with Gasteiger partial charge in [0.1, 0.15) is 22.9 Å². The largest absolute Gasteiger partial charge is 0.497 e. The van der Waals surface area contributed by atoms with Crippen LogP contribution in [-0.2, 0) is 0 Å². The van der Waals surface area contributed by atoms with Crippen LogP contribution in [0.15, 0.2) is 71.1 Å². The van der Waals surface area contributed by atoms with Crippen LogP contribution in [0.25, 0.3) is 22.5 Å². The van der Waals surface area contributed by atoms with Gasteiger partial charge in [0.25, 0.3) is 5.95 Å². The molecular weight excluding hydrogens is 398 g/mol. The fraction of sp³-hybridized carbons (Fsp3) is 0.0909. The first-order chi connectivity index (χ1) is 14.8. The molecule has 0 spiro atoms. The van der Waals surface area contributed by atoms with Gasteiger partial charge in [0.2, 0.25) is 0 Å². The molecule has 30 heavy (non-hydrogen) atoms. The Bertz CT molecular complexity index is 1130. The number of methoxy groups -OCH3 is 2.